The molecule has 11 heteroatoms. The van der Waals surface area contributed by atoms with Gasteiger partial charge in [0.05, 0.1) is 29.3 Å². The molecule has 0 aliphatic carbocycles. The molecule has 2 aromatic carbocycles. The molecule has 0 fully saturated rings. The molecule has 1 atom stereocenters. The summed E-state index contributed by atoms with van der Waals surface area (Å²) >= 11 is 12.0. The van der Waals surface area contributed by atoms with E-state index in [-0.39, 0.29) is 28.8 Å². The molecule has 2 heterocycles. The van der Waals surface area contributed by atoms with Crippen LogP contribution < -0.4 is 26.2 Å². The third-order valence-corrected chi connectivity index (χ3v) is 5.36. The summed E-state index contributed by atoms with van der Waals surface area (Å²) in [6, 6.07) is 11.5. The lowest BCUT2D eigenvalue weighted by molar-refractivity contribution is -0.123. The highest BCUT2D eigenvalue weighted by atomic mass is 35.5. The van der Waals surface area contributed by atoms with Gasteiger partial charge in [-0.05, 0) is 42.5 Å². The number of nitrogens with zero attached hydrogens (tertiary/aromatic N) is 1. The number of halogens is 2. The van der Waals surface area contributed by atoms with E-state index in [0.717, 1.165) is 0 Å². The number of aromatic amines is 1. The summed E-state index contributed by atoms with van der Waals surface area (Å²) < 4.78 is 5.11. The Hall–Kier alpha value is -3.56. The number of rotatable bonds is 5. The summed E-state index contributed by atoms with van der Waals surface area (Å²) in [5.41, 5.74) is 0.472. The molecule has 9 nitrogen and oxygen atoms in total. The number of methoxy groups -OCH3 is 1. The van der Waals surface area contributed by atoms with Crippen LogP contribution in [0.1, 0.15) is 17.9 Å². The van der Waals surface area contributed by atoms with Crippen molar-refractivity contribution in [1.29, 1.82) is 0 Å². The number of benzene rings is 2. The zero-order valence-electron chi connectivity index (χ0n) is 16.7. The first-order chi connectivity index (χ1) is 15.3. The SMILES string of the molecule is COc1ccc(Nc2nc3c(c(=O)[nH]2)C(C(=O)Nc2ccc(Cl)cc2Cl)CC(=O)N3)cc1. The van der Waals surface area contributed by atoms with Crippen LogP contribution in [0.2, 0.25) is 10.0 Å². The van der Waals surface area contributed by atoms with Crippen LogP contribution in [-0.2, 0) is 9.59 Å². The topological polar surface area (TPSA) is 125 Å². The number of hydrogen-bond donors (Lipinski definition) is 4. The Balaban J connectivity index is 1.62. The molecular formula is C21H17Cl2N5O4. The monoisotopic (exact) mass is 473 g/mol. The third-order valence-electron chi connectivity index (χ3n) is 4.81. The second-order valence-corrected chi connectivity index (χ2v) is 7.79. The summed E-state index contributed by atoms with van der Waals surface area (Å²) in [7, 11) is 1.56. The first-order valence-electron chi connectivity index (χ1n) is 9.45. The zero-order chi connectivity index (χ0) is 22.8. The maximum absolute atomic E-state index is 12.9. The molecule has 4 rings (SSSR count). The highest BCUT2D eigenvalue weighted by Crippen LogP contribution is 2.32. The normalized spacial score (nSPS) is 14.8. The Morgan fingerprint density at radius 1 is 1.16 bits per heavy atom. The number of carbonyl (C=O) groups excluding carboxylic acids is 2. The zero-order valence-corrected chi connectivity index (χ0v) is 18.2. The standard InChI is InChI=1S/C21H17Cl2N5O4/c1-32-12-5-3-11(4-6-12)24-21-27-18-17(20(31)28-21)13(9-16(29)26-18)19(30)25-15-7-2-10(22)8-14(15)23/h2-8,13H,9H2,1H3,(H,25,30)(H3,24,26,27,28,29,31). The van der Waals surface area contributed by atoms with Gasteiger partial charge in [-0.1, -0.05) is 23.2 Å². The summed E-state index contributed by atoms with van der Waals surface area (Å²) in [6.07, 6.45) is -0.208. The molecule has 32 heavy (non-hydrogen) atoms. The van der Waals surface area contributed by atoms with Gasteiger partial charge in [-0.3, -0.25) is 19.4 Å². The maximum Gasteiger partial charge on any atom is 0.258 e. The van der Waals surface area contributed by atoms with Crippen LogP contribution in [0.15, 0.2) is 47.3 Å². The lowest BCUT2D eigenvalue weighted by Gasteiger charge is -2.24. The molecule has 0 spiro atoms. The first kappa shape index (κ1) is 21.7. The molecule has 164 valence electrons. The summed E-state index contributed by atoms with van der Waals surface area (Å²) in [6.45, 7) is 0. The molecule has 2 amide bonds. The fourth-order valence-electron chi connectivity index (χ4n) is 3.28. The van der Waals surface area contributed by atoms with Crippen molar-refractivity contribution in [3.8, 4) is 5.75 Å². The number of H-pyrrole nitrogens is 1. The van der Waals surface area contributed by atoms with Crippen LogP contribution in [0.25, 0.3) is 0 Å². The number of hydrogen-bond acceptors (Lipinski definition) is 6. The molecule has 4 N–H and O–H groups in total. The molecule has 1 aromatic heterocycles. The van der Waals surface area contributed by atoms with Crippen molar-refractivity contribution in [2.75, 3.05) is 23.1 Å². The van der Waals surface area contributed by atoms with E-state index >= 15 is 0 Å². The van der Waals surface area contributed by atoms with Crippen molar-refractivity contribution in [3.63, 3.8) is 0 Å². The van der Waals surface area contributed by atoms with Gasteiger partial charge >= 0.3 is 0 Å². The smallest absolute Gasteiger partial charge is 0.258 e. The fraction of sp³-hybridized carbons (Fsp3) is 0.143. The minimum Gasteiger partial charge on any atom is -0.497 e. The first-order valence-corrected chi connectivity index (χ1v) is 10.2. The number of aromatic nitrogens is 2. The van der Waals surface area contributed by atoms with Gasteiger partial charge in [0.1, 0.15) is 11.6 Å². The van der Waals surface area contributed by atoms with E-state index in [4.69, 9.17) is 27.9 Å². The van der Waals surface area contributed by atoms with Crippen LogP contribution in [0, 0.1) is 0 Å². The molecule has 1 aliphatic rings. The highest BCUT2D eigenvalue weighted by Gasteiger charge is 2.35. The molecule has 0 radical (unpaired) electrons. The number of anilines is 4. The Morgan fingerprint density at radius 2 is 1.91 bits per heavy atom. The van der Waals surface area contributed by atoms with Crippen molar-refractivity contribution in [2.45, 2.75) is 12.3 Å². The second kappa shape index (κ2) is 8.89. The summed E-state index contributed by atoms with van der Waals surface area (Å²) in [4.78, 5) is 44.9. The van der Waals surface area contributed by atoms with E-state index in [1.165, 1.54) is 12.1 Å². The van der Waals surface area contributed by atoms with Crippen LogP contribution in [0.3, 0.4) is 0 Å². The predicted molar refractivity (Wildman–Crippen MR) is 122 cm³/mol. The van der Waals surface area contributed by atoms with Gasteiger partial charge in [0, 0.05) is 17.1 Å². The van der Waals surface area contributed by atoms with E-state index in [1.807, 2.05) is 0 Å². The van der Waals surface area contributed by atoms with Gasteiger partial charge in [0.25, 0.3) is 5.56 Å². The van der Waals surface area contributed by atoms with Crippen molar-refractivity contribution in [3.05, 3.63) is 68.4 Å². The minimum absolute atomic E-state index is 0.0170. The van der Waals surface area contributed by atoms with Crippen molar-refractivity contribution < 1.29 is 14.3 Å². The molecule has 0 bridgehead atoms. The van der Waals surface area contributed by atoms with Gasteiger partial charge in [0.2, 0.25) is 17.8 Å². The molecule has 1 aliphatic heterocycles. The van der Waals surface area contributed by atoms with Crippen LogP contribution in [-0.4, -0.2) is 28.9 Å². The number of amides is 2. The maximum atomic E-state index is 12.9. The lowest BCUT2D eigenvalue weighted by Crippen LogP contribution is -2.36. The Labute approximate surface area is 192 Å². The Kier molecular flexibility index (Phi) is 6.02. The average molecular weight is 474 g/mol. The van der Waals surface area contributed by atoms with Gasteiger partial charge < -0.3 is 20.7 Å². The van der Waals surface area contributed by atoms with Crippen molar-refractivity contribution in [1.82, 2.24) is 9.97 Å². The van der Waals surface area contributed by atoms with E-state index < -0.39 is 23.3 Å². The number of carbonyl (C=O) groups is 2. The summed E-state index contributed by atoms with van der Waals surface area (Å²) in [5, 5.41) is 8.80. The van der Waals surface area contributed by atoms with Gasteiger partial charge in [-0.2, -0.15) is 4.98 Å². The van der Waals surface area contributed by atoms with E-state index in [9.17, 15) is 14.4 Å². The minimum atomic E-state index is -1.04. The van der Waals surface area contributed by atoms with Crippen molar-refractivity contribution in [2.24, 2.45) is 0 Å². The van der Waals surface area contributed by atoms with Gasteiger partial charge in [0.15, 0.2) is 0 Å². The van der Waals surface area contributed by atoms with E-state index in [0.29, 0.717) is 22.1 Å². The predicted octanol–water partition coefficient (Wildman–Crippen LogP) is 3.89. The highest BCUT2D eigenvalue weighted by molar-refractivity contribution is 6.36. The molecule has 0 saturated carbocycles. The lowest BCUT2D eigenvalue weighted by atomic mass is 9.92. The quantitative estimate of drug-likeness (QED) is 0.445. The molecule has 3 aromatic rings. The Bertz CT molecular complexity index is 1260. The number of fused-ring (bicyclic) bond motifs is 1. The van der Waals surface area contributed by atoms with Crippen LogP contribution in [0.5, 0.6) is 5.75 Å². The fourth-order valence-corrected chi connectivity index (χ4v) is 3.73. The van der Waals surface area contributed by atoms with Crippen LogP contribution in [0.4, 0.5) is 23.1 Å². The van der Waals surface area contributed by atoms with Crippen LogP contribution >= 0.6 is 23.2 Å². The average Bonchev–Trinajstić information content (AvgIpc) is 2.75. The largest absolute Gasteiger partial charge is 0.497 e. The molecular weight excluding hydrogens is 457 g/mol. The van der Waals surface area contributed by atoms with Gasteiger partial charge in [-0.25, -0.2) is 0 Å². The van der Waals surface area contributed by atoms with E-state index in [1.54, 1.807) is 37.4 Å². The molecule has 1 unspecified atom stereocenters. The van der Waals surface area contributed by atoms with E-state index in [2.05, 4.69) is 25.9 Å². The second-order valence-electron chi connectivity index (χ2n) is 6.95. The molecule has 0 saturated heterocycles. The number of nitrogens with one attached hydrogen (secondary N) is 4. The summed E-state index contributed by atoms with van der Waals surface area (Å²) in [5.74, 6) is -1.24. The van der Waals surface area contributed by atoms with Crippen molar-refractivity contribution >= 4 is 58.2 Å². The number of ether oxygens (including phenoxy) is 1. The van der Waals surface area contributed by atoms with Gasteiger partial charge in [-0.15, -0.1) is 0 Å². The third kappa shape index (κ3) is 4.53. The Morgan fingerprint density at radius 3 is 2.59 bits per heavy atom.